The van der Waals surface area contributed by atoms with Crippen molar-refractivity contribution in [3.63, 3.8) is 0 Å². The van der Waals surface area contributed by atoms with Gasteiger partial charge in [0.15, 0.2) is 0 Å². The van der Waals surface area contributed by atoms with Gasteiger partial charge in [0, 0.05) is 48.4 Å². The number of halogens is 1. The Balaban J connectivity index is 1.49. The van der Waals surface area contributed by atoms with Crippen LogP contribution < -0.4 is 10.1 Å². The molecule has 1 aromatic heterocycles. The van der Waals surface area contributed by atoms with E-state index in [1.54, 1.807) is 11.0 Å². The summed E-state index contributed by atoms with van der Waals surface area (Å²) in [4.78, 5) is 29.8. The Morgan fingerprint density at radius 2 is 1.82 bits per heavy atom. The maximum absolute atomic E-state index is 14.7. The van der Waals surface area contributed by atoms with Gasteiger partial charge in [-0.2, -0.15) is 0 Å². The van der Waals surface area contributed by atoms with Gasteiger partial charge in [0.1, 0.15) is 18.2 Å². The molecule has 0 unspecified atom stereocenters. The van der Waals surface area contributed by atoms with Crippen LogP contribution in [0.25, 0.3) is 10.1 Å². The van der Waals surface area contributed by atoms with Crippen LogP contribution in [0.3, 0.4) is 0 Å². The van der Waals surface area contributed by atoms with Gasteiger partial charge in [-0.05, 0) is 30.7 Å². The zero-order valence-corrected chi connectivity index (χ0v) is 19.5. The summed E-state index contributed by atoms with van der Waals surface area (Å²) >= 11 is 1.31. The lowest BCUT2D eigenvalue weighted by atomic mass is 10.1. The minimum atomic E-state index is -0.350. The highest BCUT2D eigenvalue weighted by atomic mass is 32.1. The van der Waals surface area contributed by atoms with E-state index in [9.17, 15) is 14.0 Å². The number of carbonyl (C=O) groups excluding carboxylic acids is 2. The number of para-hydroxylation sites is 1. The van der Waals surface area contributed by atoms with Crippen LogP contribution in [0.1, 0.15) is 28.6 Å². The molecule has 6 nitrogen and oxygen atoms in total. The lowest BCUT2D eigenvalue weighted by Gasteiger charge is -2.34. The van der Waals surface area contributed by atoms with Gasteiger partial charge >= 0.3 is 0 Å². The molecule has 0 saturated carbocycles. The normalized spacial score (nSPS) is 14.4. The van der Waals surface area contributed by atoms with E-state index in [2.05, 4.69) is 10.2 Å². The van der Waals surface area contributed by atoms with Crippen molar-refractivity contribution < 1.29 is 18.7 Å². The maximum atomic E-state index is 14.7. The largest absolute Gasteiger partial charge is 0.489 e. The summed E-state index contributed by atoms with van der Waals surface area (Å²) in [6.07, 6.45) is 0.903. The Labute approximate surface area is 196 Å². The number of benzene rings is 2. The van der Waals surface area contributed by atoms with Crippen LogP contribution in [0.15, 0.2) is 48.5 Å². The fraction of sp³-hybridized carbons (Fsp3) is 0.360. The quantitative estimate of drug-likeness (QED) is 0.544. The number of hydrogen-bond donors (Lipinski definition) is 1. The molecule has 1 saturated heterocycles. The molecule has 8 heteroatoms. The summed E-state index contributed by atoms with van der Waals surface area (Å²) in [5, 5.41) is 3.34. The van der Waals surface area contributed by atoms with Crippen LogP contribution in [-0.2, 0) is 11.4 Å². The van der Waals surface area contributed by atoms with Gasteiger partial charge in [0.05, 0.1) is 11.4 Å². The second-order valence-corrected chi connectivity index (χ2v) is 9.09. The lowest BCUT2D eigenvalue weighted by molar-refractivity contribution is -0.122. The van der Waals surface area contributed by atoms with Gasteiger partial charge < -0.3 is 15.0 Å². The first-order valence-corrected chi connectivity index (χ1v) is 12.0. The van der Waals surface area contributed by atoms with Crippen LogP contribution in [-0.4, -0.2) is 60.9 Å². The Kier molecular flexibility index (Phi) is 7.57. The first-order valence-electron chi connectivity index (χ1n) is 11.2. The average molecular weight is 470 g/mol. The number of nitrogens with one attached hydrogen (secondary N) is 1. The zero-order valence-electron chi connectivity index (χ0n) is 18.7. The van der Waals surface area contributed by atoms with Crippen LogP contribution in [0.2, 0.25) is 0 Å². The molecular formula is C25H28FN3O3S. The number of carbonyl (C=O) groups is 2. The van der Waals surface area contributed by atoms with Crippen LogP contribution in [0.5, 0.6) is 5.75 Å². The van der Waals surface area contributed by atoms with Crippen molar-refractivity contribution in [3.05, 3.63) is 64.8 Å². The van der Waals surface area contributed by atoms with E-state index < -0.39 is 0 Å². The minimum absolute atomic E-state index is 0.0111. The molecule has 174 valence electrons. The molecule has 1 aliphatic rings. The number of amides is 2. The molecule has 1 fully saturated rings. The molecule has 0 atom stereocenters. The highest BCUT2D eigenvalue weighted by Crippen LogP contribution is 2.35. The molecule has 4 rings (SSSR count). The fourth-order valence-corrected chi connectivity index (χ4v) is 5.12. The van der Waals surface area contributed by atoms with Crippen molar-refractivity contribution in [1.82, 2.24) is 15.1 Å². The number of rotatable bonds is 8. The number of thiophene rings is 1. The fourth-order valence-electron chi connectivity index (χ4n) is 3.93. The number of ether oxygens (including phenoxy) is 1. The van der Waals surface area contributed by atoms with Crippen molar-refractivity contribution in [1.29, 1.82) is 0 Å². The second-order valence-electron chi connectivity index (χ2n) is 8.04. The van der Waals surface area contributed by atoms with Crippen molar-refractivity contribution >= 4 is 33.2 Å². The molecule has 1 N–H and O–H groups in total. The number of piperazine rings is 1. The summed E-state index contributed by atoms with van der Waals surface area (Å²) in [7, 11) is 0. The first kappa shape index (κ1) is 23.2. The lowest BCUT2D eigenvalue weighted by Crippen LogP contribution is -2.51. The van der Waals surface area contributed by atoms with Gasteiger partial charge in [-0.15, -0.1) is 11.3 Å². The van der Waals surface area contributed by atoms with E-state index in [0.717, 1.165) is 11.1 Å². The standard InChI is InChI=1S/C25H28FN3O3S/c1-2-11-27-22(30)16-28-12-14-29(15-13-28)25(31)24-19(17-32-18-7-4-3-5-8-18)23-20(26)9-6-10-21(23)33-24/h3-10H,2,11-17H2,1H3,(H,27,30). The second kappa shape index (κ2) is 10.8. The van der Waals surface area contributed by atoms with E-state index in [1.807, 2.05) is 43.3 Å². The van der Waals surface area contributed by atoms with Crippen LogP contribution >= 0.6 is 11.3 Å². The van der Waals surface area contributed by atoms with Crippen molar-refractivity contribution in [2.45, 2.75) is 20.0 Å². The first-order chi connectivity index (χ1) is 16.1. The topological polar surface area (TPSA) is 61.9 Å². The molecule has 0 radical (unpaired) electrons. The Bertz CT molecular complexity index is 1110. The predicted molar refractivity (Wildman–Crippen MR) is 128 cm³/mol. The van der Waals surface area contributed by atoms with Crippen molar-refractivity contribution in [3.8, 4) is 5.75 Å². The van der Waals surface area contributed by atoms with Gasteiger partial charge in [-0.25, -0.2) is 4.39 Å². The van der Waals surface area contributed by atoms with E-state index in [0.29, 0.717) is 60.8 Å². The van der Waals surface area contributed by atoms with E-state index in [1.165, 1.54) is 17.4 Å². The number of hydrogen-bond acceptors (Lipinski definition) is 5. The Morgan fingerprint density at radius 1 is 1.06 bits per heavy atom. The molecule has 0 bridgehead atoms. The molecule has 1 aliphatic heterocycles. The Morgan fingerprint density at radius 3 is 2.55 bits per heavy atom. The number of nitrogens with zero attached hydrogens (tertiary/aromatic N) is 2. The SMILES string of the molecule is CCCNC(=O)CN1CCN(C(=O)c2sc3cccc(F)c3c2COc2ccccc2)CC1. The third kappa shape index (κ3) is 5.51. The third-order valence-corrected chi connectivity index (χ3v) is 6.87. The maximum Gasteiger partial charge on any atom is 0.264 e. The molecule has 0 spiro atoms. The Hall–Kier alpha value is -2.97. The molecule has 0 aliphatic carbocycles. The molecule has 33 heavy (non-hydrogen) atoms. The highest BCUT2D eigenvalue weighted by Gasteiger charge is 2.28. The summed E-state index contributed by atoms with van der Waals surface area (Å²) in [6, 6.07) is 14.2. The van der Waals surface area contributed by atoms with Crippen molar-refractivity contribution in [2.75, 3.05) is 39.3 Å². The molecule has 3 aromatic rings. The molecule has 2 heterocycles. The minimum Gasteiger partial charge on any atom is -0.489 e. The summed E-state index contributed by atoms with van der Waals surface area (Å²) < 4.78 is 21.4. The van der Waals surface area contributed by atoms with Gasteiger partial charge in [0.2, 0.25) is 5.91 Å². The van der Waals surface area contributed by atoms with E-state index in [4.69, 9.17) is 4.74 Å². The van der Waals surface area contributed by atoms with Crippen LogP contribution in [0, 0.1) is 5.82 Å². The van der Waals surface area contributed by atoms with Gasteiger partial charge in [0.25, 0.3) is 5.91 Å². The third-order valence-electron chi connectivity index (χ3n) is 5.68. The molecular weight excluding hydrogens is 441 g/mol. The van der Waals surface area contributed by atoms with E-state index >= 15 is 0 Å². The van der Waals surface area contributed by atoms with Crippen LogP contribution in [0.4, 0.5) is 4.39 Å². The summed E-state index contributed by atoms with van der Waals surface area (Å²) in [6.45, 7) is 5.44. The highest BCUT2D eigenvalue weighted by molar-refractivity contribution is 7.21. The monoisotopic (exact) mass is 469 g/mol. The molecule has 2 aromatic carbocycles. The predicted octanol–water partition coefficient (Wildman–Crippen LogP) is 3.90. The van der Waals surface area contributed by atoms with Gasteiger partial charge in [-0.3, -0.25) is 14.5 Å². The smallest absolute Gasteiger partial charge is 0.264 e. The summed E-state index contributed by atoms with van der Waals surface area (Å²) in [5.41, 5.74) is 0.586. The molecule has 2 amide bonds. The average Bonchev–Trinajstić information content (AvgIpc) is 3.22. The number of fused-ring (bicyclic) bond motifs is 1. The zero-order chi connectivity index (χ0) is 23.2. The van der Waals surface area contributed by atoms with E-state index in [-0.39, 0.29) is 24.2 Å². The summed E-state index contributed by atoms with van der Waals surface area (Å²) in [5.74, 6) is 0.216. The van der Waals surface area contributed by atoms with Gasteiger partial charge in [-0.1, -0.05) is 31.2 Å². The van der Waals surface area contributed by atoms with Crippen molar-refractivity contribution in [2.24, 2.45) is 0 Å².